The van der Waals surface area contributed by atoms with Crippen LogP contribution in [-0.2, 0) is 14.3 Å². The average molecular weight is 228 g/mol. The van der Waals surface area contributed by atoms with Crippen LogP contribution in [0.15, 0.2) is 0 Å². The smallest absolute Gasteiger partial charge is 0.307 e. The summed E-state index contributed by atoms with van der Waals surface area (Å²) < 4.78 is 4.49. The molecule has 0 bridgehead atoms. The maximum atomic E-state index is 11.7. The molecule has 16 heavy (non-hydrogen) atoms. The fourth-order valence-corrected chi connectivity index (χ4v) is 1.90. The van der Waals surface area contributed by atoms with Gasteiger partial charge in [0.05, 0.1) is 13.5 Å². The Morgan fingerprint density at radius 3 is 2.88 bits per heavy atom. The predicted molar refractivity (Wildman–Crippen MR) is 59.8 cm³/mol. The summed E-state index contributed by atoms with van der Waals surface area (Å²) in [6.45, 7) is 3.33. The quantitative estimate of drug-likeness (QED) is 0.667. The third kappa shape index (κ3) is 4.18. The first-order chi connectivity index (χ1) is 7.63. The summed E-state index contributed by atoms with van der Waals surface area (Å²) in [5.74, 6) is -0.162. The van der Waals surface area contributed by atoms with Crippen LogP contribution < -0.4 is 10.6 Å². The predicted octanol–water partition coefficient (Wildman–Crippen LogP) is 0.0538. The van der Waals surface area contributed by atoms with Gasteiger partial charge in [0.25, 0.3) is 0 Å². The molecule has 5 heteroatoms. The fourth-order valence-electron chi connectivity index (χ4n) is 1.90. The van der Waals surface area contributed by atoms with Crippen molar-refractivity contribution in [2.45, 2.75) is 32.2 Å². The van der Waals surface area contributed by atoms with Crippen LogP contribution in [0, 0.1) is 5.92 Å². The first-order valence-corrected chi connectivity index (χ1v) is 5.71. The van der Waals surface area contributed by atoms with Gasteiger partial charge in [-0.25, -0.2) is 0 Å². The lowest BCUT2D eigenvalue weighted by atomic mass is 9.92. The second kappa shape index (κ2) is 6.48. The lowest BCUT2D eigenvalue weighted by Crippen LogP contribution is -2.42. The van der Waals surface area contributed by atoms with Gasteiger partial charge in [-0.3, -0.25) is 9.59 Å². The first kappa shape index (κ1) is 13.0. The van der Waals surface area contributed by atoms with Gasteiger partial charge in [-0.2, -0.15) is 0 Å². The molecule has 5 nitrogen and oxygen atoms in total. The van der Waals surface area contributed by atoms with Crippen molar-refractivity contribution in [1.82, 2.24) is 10.6 Å². The zero-order valence-corrected chi connectivity index (χ0v) is 9.91. The van der Waals surface area contributed by atoms with Gasteiger partial charge in [0.1, 0.15) is 0 Å². The minimum atomic E-state index is -0.293. The number of esters is 1. The van der Waals surface area contributed by atoms with Gasteiger partial charge in [-0.15, -0.1) is 0 Å². The molecule has 2 atom stereocenters. The topological polar surface area (TPSA) is 67.4 Å². The Bertz CT molecular complexity index is 256. The zero-order chi connectivity index (χ0) is 12.0. The number of ether oxygens (including phenoxy) is 1. The molecule has 0 radical (unpaired) electrons. The molecule has 1 heterocycles. The number of amides is 1. The highest BCUT2D eigenvalue weighted by Gasteiger charge is 2.24. The molecular formula is C11H20N2O3. The van der Waals surface area contributed by atoms with Crippen molar-refractivity contribution in [3.05, 3.63) is 0 Å². The minimum Gasteiger partial charge on any atom is -0.469 e. The monoisotopic (exact) mass is 228 g/mol. The highest BCUT2D eigenvalue weighted by atomic mass is 16.5. The van der Waals surface area contributed by atoms with Crippen molar-refractivity contribution in [2.75, 3.05) is 20.2 Å². The largest absolute Gasteiger partial charge is 0.469 e. The summed E-state index contributed by atoms with van der Waals surface area (Å²) in [4.78, 5) is 22.6. The van der Waals surface area contributed by atoms with E-state index < -0.39 is 0 Å². The Kier molecular flexibility index (Phi) is 5.25. The van der Waals surface area contributed by atoms with Gasteiger partial charge in [0.15, 0.2) is 0 Å². The number of carbonyl (C=O) groups is 2. The summed E-state index contributed by atoms with van der Waals surface area (Å²) in [6, 6.07) is 0.394. The molecule has 1 amide bonds. The van der Waals surface area contributed by atoms with Crippen LogP contribution in [0.1, 0.15) is 26.2 Å². The van der Waals surface area contributed by atoms with Crippen molar-refractivity contribution in [3.63, 3.8) is 0 Å². The van der Waals surface area contributed by atoms with E-state index in [2.05, 4.69) is 22.3 Å². The number of carbonyl (C=O) groups excluding carboxylic acids is 2. The van der Waals surface area contributed by atoms with Crippen molar-refractivity contribution >= 4 is 11.9 Å². The number of hydrogen-bond donors (Lipinski definition) is 2. The summed E-state index contributed by atoms with van der Waals surface area (Å²) >= 11 is 0. The van der Waals surface area contributed by atoms with Gasteiger partial charge in [-0.05, 0) is 26.3 Å². The molecule has 0 unspecified atom stereocenters. The highest BCUT2D eigenvalue weighted by Crippen LogP contribution is 2.15. The molecule has 1 rings (SSSR count). The van der Waals surface area contributed by atoms with E-state index >= 15 is 0 Å². The molecule has 2 N–H and O–H groups in total. The summed E-state index contributed by atoms with van der Waals surface area (Å²) in [5, 5.41) is 6.07. The zero-order valence-electron chi connectivity index (χ0n) is 9.91. The van der Waals surface area contributed by atoms with Crippen LogP contribution in [0.25, 0.3) is 0 Å². The molecular weight excluding hydrogens is 208 g/mol. The van der Waals surface area contributed by atoms with Gasteiger partial charge < -0.3 is 15.4 Å². The minimum absolute atomic E-state index is 0.0530. The molecule has 1 saturated heterocycles. The third-order valence-corrected chi connectivity index (χ3v) is 2.85. The van der Waals surface area contributed by atoms with Crippen molar-refractivity contribution < 1.29 is 14.3 Å². The maximum absolute atomic E-state index is 11.7. The van der Waals surface area contributed by atoms with E-state index in [9.17, 15) is 9.59 Å². The molecule has 0 aromatic rings. The van der Waals surface area contributed by atoms with E-state index in [4.69, 9.17) is 0 Å². The summed E-state index contributed by atoms with van der Waals surface area (Å²) in [5.41, 5.74) is 0. The van der Waals surface area contributed by atoms with Crippen molar-refractivity contribution in [1.29, 1.82) is 0 Å². The molecule has 0 aromatic heterocycles. The van der Waals surface area contributed by atoms with Gasteiger partial charge >= 0.3 is 5.97 Å². The SMILES string of the molecule is COC(=O)CCNC(=O)[C@H]1CCN[C@@H](C)C1. The second-order valence-electron chi connectivity index (χ2n) is 4.19. The van der Waals surface area contributed by atoms with Crippen LogP contribution in [-0.4, -0.2) is 38.1 Å². The Labute approximate surface area is 95.9 Å². The van der Waals surface area contributed by atoms with Crippen molar-refractivity contribution in [2.24, 2.45) is 5.92 Å². The van der Waals surface area contributed by atoms with E-state index in [0.29, 0.717) is 12.6 Å². The number of nitrogens with one attached hydrogen (secondary N) is 2. The highest BCUT2D eigenvalue weighted by molar-refractivity contribution is 5.79. The second-order valence-corrected chi connectivity index (χ2v) is 4.19. The molecule has 1 aliphatic rings. The molecule has 1 fully saturated rings. The number of piperidine rings is 1. The number of methoxy groups -OCH3 is 1. The Morgan fingerprint density at radius 2 is 2.25 bits per heavy atom. The molecule has 0 saturated carbocycles. The standard InChI is InChI=1S/C11H20N2O3/c1-8-7-9(3-5-12-8)11(15)13-6-4-10(14)16-2/h8-9,12H,3-7H2,1-2H3,(H,13,15)/t8-,9-/m0/s1. The Hall–Kier alpha value is -1.10. The summed E-state index contributed by atoms with van der Waals surface area (Å²) in [6.07, 6.45) is 1.97. The van der Waals surface area contributed by atoms with E-state index in [1.807, 2.05) is 0 Å². The molecule has 0 aromatic carbocycles. The van der Waals surface area contributed by atoms with Crippen LogP contribution in [0.5, 0.6) is 0 Å². The lowest BCUT2D eigenvalue weighted by molar-refractivity contribution is -0.140. The molecule has 0 spiro atoms. The fraction of sp³-hybridized carbons (Fsp3) is 0.818. The molecule has 92 valence electrons. The maximum Gasteiger partial charge on any atom is 0.307 e. The van der Waals surface area contributed by atoms with Gasteiger partial charge in [0.2, 0.25) is 5.91 Å². The Balaban J connectivity index is 2.21. The van der Waals surface area contributed by atoms with E-state index in [1.54, 1.807) is 0 Å². The first-order valence-electron chi connectivity index (χ1n) is 5.71. The third-order valence-electron chi connectivity index (χ3n) is 2.85. The number of hydrogen-bond acceptors (Lipinski definition) is 4. The average Bonchev–Trinajstić information content (AvgIpc) is 2.28. The lowest BCUT2D eigenvalue weighted by Gasteiger charge is -2.27. The van der Waals surface area contributed by atoms with Crippen molar-refractivity contribution in [3.8, 4) is 0 Å². The molecule has 1 aliphatic heterocycles. The van der Waals surface area contributed by atoms with Gasteiger partial charge in [0, 0.05) is 18.5 Å². The van der Waals surface area contributed by atoms with E-state index in [1.165, 1.54) is 7.11 Å². The van der Waals surface area contributed by atoms with Crippen LogP contribution in [0.4, 0.5) is 0 Å². The summed E-state index contributed by atoms with van der Waals surface area (Å²) in [7, 11) is 1.35. The van der Waals surface area contributed by atoms with Gasteiger partial charge in [-0.1, -0.05) is 0 Å². The van der Waals surface area contributed by atoms with Crippen LogP contribution in [0.3, 0.4) is 0 Å². The van der Waals surface area contributed by atoms with E-state index in [0.717, 1.165) is 19.4 Å². The normalized spacial score (nSPS) is 24.9. The number of rotatable bonds is 4. The molecule has 0 aliphatic carbocycles. The van der Waals surface area contributed by atoms with E-state index in [-0.39, 0.29) is 24.2 Å². The van der Waals surface area contributed by atoms with Crippen LogP contribution in [0.2, 0.25) is 0 Å². The van der Waals surface area contributed by atoms with Crippen LogP contribution >= 0.6 is 0 Å². The Morgan fingerprint density at radius 1 is 1.50 bits per heavy atom.